The van der Waals surface area contributed by atoms with Gasteiger partial charge in [-0.15, -0.1) is 0 Å². The van der Waals surface area contributed by atoms with E-state index in [-0.39, 0.29) is 11.9 Å². The molecular formula is C15H17N3O3. The van der Waals surface area contributed by atoms with Crippen LogP contribution in [-0.4, -0.2) is 45.9 Å². The number of likely N-dealkylation sites (tertiary alicyclic amines) is 1. The van der Waals surface area contributed by atoms with Crippen LogP contribution in [-0.2, 0) is 0 Å². The summed E-state index contributed by atoms with van der Waals surface area (Å²) in [6, 6.07) is 9.06. The number of H-pyrrole nitrogens is 1. The highest BCUT2D eigenvalue weighted by atomic mass is 16.5. The minimum absolute atomic E-state index is 0.156. The second-order valence-corrected chi connectivity index (χ2v) is 5.11. The van der Waals surface area contributed by atoms with Crippen LogP contribution >= 0.6 is 0 Å². The van der Waals surface area contributed by atoms with Crippen molar-refractivity contribution in [3.63, 3.8) is 0 Å². The number of hydrogen-bond acceptors (Lipinski definition) is 4. The fourth-order valence-corrected chi connectivity index (χ4v) is 2.73. The fourth-order valence-electron chi connectivity index (χ4n) is 2.73. The van der Waals surface area contributed by atoms with E-state index in [9.17, 15) is 9.90 Å². The Bertz CT molecular complexity index is 627. The van der Waals surface area contributed by atoms with Gasteiger partial charge in [0.15, 0.2) is 0 Å². The molecule has 1 amide bonds. The molecule has 1 aliphatic heterocycles. The van der Waals surface area contributed by atoms with Gasteiger partial charge in [-0.25, -0.2) is 0 Å². The smallest absolute Gasteiger partial charge is 0.272 e. The number of aliphatic hydroxyl groups is 1. The molecule has 1 aromatic heterocycles. The van der Waals surface area contributed by atoms with Crippen LogP contribution < -0.4 is 4.74 Å². The molecule has 3 rings (SSSR count). The lowest BCUT2D eigenvalue weighted by molar-refractivity contribution is 0.0709. The highest BCUT2D eigenvalue weighted by Gasteiger charge is 2.36. The summed E-state index contributed by atoms with van der Waals surface area (Å²) in [5.74, 6) is 0.583. The third-order valence-electron chi connectivity index (χ3n) is 3.75. The van der Waals surface area contributed by atoms with Gasteiger partial charge >= 0.3 is 0 Å². The summed E-state index contributed by atoms with van der Waals surface area (Å²) in [5, 5.41) is 16.4. The quantitative estimate of drug-likeness (QED) is 0.893. The Morgan fingerprint density at radius 1 is 1.48 bits per heavy atom. The van der Waals surface area contributed by atoms with Gasteiger partial charge in [0.05, 0.1) is 19.3 Å². The molecule has 0 radical (unpaired) electrons. The zero-order chi connectivity index (χ0) is 14.8. The average Bonchev–Trinajstić information content (AvgIpc) is 3.16. The molecule has 21 heavy (non-hydrogen) atoms. The predicted molar refractivity (Wildman–Crippen MR) is 76.0 cm³/mol. The number of nitrogens with one attached hydrogen (secondary N) is 1. The fraction of sp³-hybridized carbons (Fsp3) is 0.333. The molecule has 1 aromatic carbocycles. The van der Waals surface area contributed by atoms with Crippen molar-refractivity contribution in [2.24, 2.45) is 0 Å². The number of hydrogen-bond donors (Lipinski definition) is 2. The predicted octanol–water partition coefficient (Wildman–Crippen LogP) is 1.37. The summed E-state index contributed by atoms with van der Waals surface area (Å²) in [7, 11) is 1.61. The van der Waals surface area contributed by atoms with Crippen LogP contribution in [0.2, 0.25) is 0 Å². The number of ether oxygens (including phenoxy) is 1. The Morgan fingerprint density at radius 2 is 2.33 bits per heavy atom. The number of carbonyl (C=O) groups excluding carboxylic acids is 1. The second kappa shape index (κ2) is 5.57. The second-order valence-electron chi connectivity index (χ2n) is 5.11. The molecule has 6 nitrogen and oxygen atoms in total. The van der Waals surface area contributed by atoms with Gasteiger partial charge in [-0.05, 0) is 30.2 Å². The normalized spacial score (nSPS) is 21.5. The number of nitrogens with zero attached hydrogens (tertiary/aromatic N) is 2. The van der Waals surface area contributed by atoms with Crippen LogP contribution in [0.25, 0.3) is 0 Å². The molecule has 110 valence electrons. The van der Waals surface area contributed by atoms with Gasteiger partial charge in [-0.3, -0.25) is 9.89 Å². The topological polar surface area (TPSA) is 78.5 Å². The highest BCUT2D eigenvalue weighted by Crippen LogP contribution is 2.34. The first kappa shape index (κ1) is 13.6. The molecule has 6 heteroatoms. The van der Waals surface area contributed by atoms with Crippen LogP contribution in [0.5, 0.6) is 5.75 Å². The Hall–Kier alpha value is -2.34. The first-order valence-corrected chi connectivity index (χ1v) is 6.81. The van der Waals surface area contributed by atoms with Crippen LogP contribution in [0, 0.1) is 0 Å². The standard InChI is InChI=1S/C15H17N3O3/c1-21-12-4-2-3-10(7-12)14-8-11(19)9-18(14)15(20)13-5-6-16-17-13/h2-7,11,14,19H,8-9H2,1H3,(H,16,17)/t11-,14-/m1/s1. The van der Waals surface area contributed by atoms with Crippen molar-refractivity contribution >= 4 is 5.91 Å². The van der Waals surface area contributed by atoms with Crippen molar-refractivity contribution in [3.05, 3.63) is 47.8 Å². The van der Waals surface area contributed by atoms with Gasteiger partial charge < -0.3 is 14.7 Å². The third kappa shape index (κ3) is 2.62. The van der Waals surface area contributed by atoms with E-state index in [1.165, 1.54) is 0 Å². The molecule has 2 N–H and O–H groups in total. The molecule has 1 aliphatic rings. The first-order valence-electron chi connectivity index (χ1n) is 6.81. The van der Waals surface area contributed by atoms with Crippen molar-refractivity contribution in [1.82, 2.24) is 15.1 Å². The van der Waals surface area contributed by atoms with E-state index < -0.39 is 6.10 Å². The lowest BCUT2D eigenvalue weighted by Gasteiger charge is -2.24. The van der Waals surface area contributed by atoms with Crippen molar-refractivity contribution in [1.29, 1.82) is 0 Å². The zero-order valence-electron chi connectivity index (χ0n) is 11.7. The van der Waals surface area contributed by atoms with Crippen LogP contribution in [0.4, 0.5) is 0 Å². The lowest BCUT2D eigenvalue weighted by Crippen LogP contribution is -2.32. The van der Waals surface area contributed by atoms with E-state index in [0.717, 1.165) is 11.3 Å². The monoisotopic (exact) mass is 287 g/mol. The van der Waals surface area contributed by atoms with E-state index >= 15 is 0 Å². The molecule has 0 saturated carbocycles. The largest absolute Gasteiger partial charge is 0.497 e. The van der Waals surface area contributed by atoms with Gasteiger partial charge in [0.25, 0.3) is 5.91 Å². The maximum Gasteiger partial charge on any atom is 0.272 e. The molecule has 0 aliphatic carbocycles. The van der Waals surface area contributed by atoms with Gasteiger partial charge in [0, 0.05) is 12.7 Å². The number of carbonyl (C=O) groups is 1. The summed E-state index contributed by atoms with van der Waals surface area (Å²) >= 11 is 0. The maximum atomic E-state index is 12.5. The number of aromatic amines is 1. The lowest BCUT2D eigenvalue weighted by atomic mass is 10.0. The summed E-state index contributed by atoms with van der Waals surface area (Å²) in [6.07, 6.45) is 1.54. The minimum Gasteiger partial charge on any atom is -0.497 e. The van der Waals surface area contributed by atoms with E-state index in [1.807, 2.05) is 24.3 Å². The van der Waals surface area contributed by atoms with Crippen molar-refractivity contribution in [2.45, 2.75) is 18.6 Å². The van der Waals surface area contributed by atoms with Crippen LogP contribution in [0.15, 0.2) is 36.5 Å². The third-order valence-corrected chi connectivity index (χ3v) is 3.75. The number of methoxy groups -OCH3 is 1. The molecule has 1 saturated heterocycles. The number of aliphatic hydroxyl groups excluding tert-OH is 1. The van der Waals surface area contributed by atoms with E-state index in [2.05, 4.69) is 10.2 Å². The number of aromatic nitrogens is 2. The van der Waals surface area contributed by atoms with Gasteiger partial charge in [0.2, 0.25) is 0 Å². The molecule has 2 atom stereocenters. The summed E-state index contributed by atoms with van der Waals surface area (Å²) in [6.45, 7) is 0.319. The Labute approximate surface area is 122 Å². The summed E-state index contributed by atoms with van der Waals surface area (Å²) < 4.78 is 5.23. The Kier molecular flexibility index (Phi) is 3.62. The summed E-state index contributed by atoms with van der Waals surface area (Å²) in [4.78, 5) is 14.2. The van der Waals surface area contributed by atoms with E-state index in [0.29, 0.717) is 18.7 Å². The molecule has 0 bridgehead atoms. The van der Waals surface area contributed by atoms with Crippen molar-refractivity contribution < 1.29 is 14.6 Å². The van der Waals surface area contributed by atoms with Gasteiger partial charge in [-0.1, -0.05) is 12.1 Å². The van der Waals surface area contributed by atoms with Crippen LogP contribution in [0.1, 0.15) is 28.5 Å². The molecule has 1 fully saturated rings. The average molecular weight is 287 g/mol. The first-order chi connectivity index (χ1) is 10.2. The molecule has 2 heterocycles. The number of rotatable bonds is 3. The number of β-amino-alcohol motifs (C(OH)–C–C–N with tert-alkyl or cyclic N) is 1. The van der Waals surface area contributed by atoms with Crippen LogP contribution in [0.3, 0.4) is 0 Å². The molecule has 2 aromatic rings. The summed E-state index contributed by atoms with van der Waals surface area (Å²) in [5.41, 5.74) is 1.38. The van der Waals surface area contributed by atoms with E-state index in [1.54, 1.807) is 24.3 Å². The number of benzene rings is 1. The Morgan fingerprint density at radius 3 is 3.05 bits per heavy atom. The van der Waals surface area contributed by atoms with Crippen molar-refractivity contribution in [2.75, 3.05) is 13.7 Å². The van der Waals surface area contributed by atoms with Gasteiger partial charge in [0.1, 0.15) is 11.4 Å². The molecule has 0 spiro atoms. The SMILES string of the molecule is COc1cccc([C@H]2C[C@@H](O)CN2C(=O)c2ccn[nH]2)c1. The van der Waals surface area contributed by atoms with Gasteiger partial charge in [-0.2, -0.15) is 5.10 Å². The maximum absolute atomic E-state index is 12.5. The zero-order valence-corrected chi connectivity index (χ0v) is 11.7. The van der Waals surface area contributed by atoms with Crippen molar-refractivity contribution in [3.8, 4) is 5.75 Å². The van der Waals surface area contributed by atoms with E-state index in [4.69, 9.17) is 4.74 Å². The minimum atomic E-state index is -0.520. The Balaban J connectivity index is 1.90. The molecular weight excluding hydrogens is 270 g/mol. The highest BCUT2D eigenvalue weighted by molar-refractivity contribution is 5.92. The molecule has 0 unspecified atom stereocenters. The number of amides is 1.